The molecule has 1 saturated heterocycles. The van der Waals surface area contributed by atoms with E-state index in [4.69, 9.17) is 4.74 Å². The van der Waals surface area contributed by atoms with Gasteiger partial charge in [0.15, 0.2) is 0 Å². The van der Waals surface area contributed by atoms with E-state index in [1.54, 1.807) is 0 Å². The average Bonchev–Trinajstić information content (AvgIpc) is 2.93. The van der Waals surface area contributed by atoms with E-state index in [0.29, 0.717) is 38.2 Å². The fourth-order valence-corrected chi connectivity index (χ4v) is 5.57. The highest BCUT2D eigenvalue weighted by atomic mass is 16.5. The fourth-order valence-electron chi connectivity index (χ4n) is 5.57. The Morgan fingerprint density at radius 2 is 1.73 bits per heavy atom. The first-order valence-corrected chi connectivity index (χ1v) is 14.4. The Balaban J connectivity index is 1.97. The minimum atomic E-state index is -0.144. The van der Waals surface area contributed by atoms with Crippen molar-refractivity contribution in [1.82, 2.24) is 4.90 Å². The Bertz CT molecular complexity index is 1010. The van der Waals surface area contributed by atoms with Crippen LogP contribution in [0.3, 0.4) is 0 Å². The minimum absolute atomic E-state index is 0.00689. The summed E-state index contributed by atoms with van der Waals surface area (Å²) in [6, 6.07) is 16.7. The zero-order chi connectivity index (χ0) is 26.8. The summed E-state index contributed by atoms with van der Waals surface area (Å²) in [5.41, 5.74) is 3.43. The van der Waals surface area contributed by atoms with Crippen LogP contribution in [0.2, 0.25) is 0 Å². The molecule has 1 aliphatic rings. The summed E-state index contributed by atoms with van der Waals surface area (Å²) in [5.74, 6) is 1.27. The van der Waals surface area contributed by atoms with Crippen LogP contribution >= 0.6 is 0 Å². The highest BCUT2D eigenvalue weighted by Crippen LogP contribution is 2.42. The summed E-state index contributed by atoms with van der Waals surface area (Å²) in [7, 11) is 0. The second kappa shape index (κ2) is 13.8. The number of likely N-dealkylation sites (tertiary alicyclic amines) is 1. The molecule has 0 radical (unpaired) electrons. The number of carbonyl (C=O) groups excluding carboxylic acids is 2. The second-order valence-electron chi connectivity index (χ2n) is 11.2. The van der Waals surface area contributed by atoms with Gasteiger partial charge in [0, 0.05) is 30.9 Å². The van der Waals surface area contributed by atoms with Crippen molar-refractivity contribution in [1.29, 1.82) is 0 Å². The fraction of sp³-hybridized carbons (Fsp3) is 0.576. The highest BCUT2D eigenvalue weighted by molar-refractivity contribution is 5.82. The summed E-state index contributed by atoms with van der Waals surface area (Å²) in [5, 5.41) is 0. The van der Waals surface area contributed by atoms with E-state index < -0.39 is 0 Å². The molecule has 202 valence electrons. The van der Waals surface area contributed by atoms with Crippen molar-refractivity contribution < 1.29 is 14.3 Å². The molecule has 0 N–H and O–H groups in total. The monoisotopic (exact) mass is 505 g/mol. The number of ketones is 1. The molecule has 0 saturated carbocycles. The molecule has 2 unspecified atom stereocenters. The molecule has 0 aliphatic carbocycles. The first kappa shape index (κ1) is 28.9. The van der Waals surface area contributed by atoms with Crippen molar-refractivity contribution in [3.05, 3.63) is 65.2 Å². The van der Waals surface area contributed by atoms with Crippen molar-refractivity contribution in [2.75, 3.05) is 6.54 Å². The van der Waals surface area contributed by atoms with Crippen LogP contribution in [0.25, 0.3) is 0 Å². The van der Waals surface area contributed by atoms with Crippen LogP contribution in [0, 0.1) is 5.92 Å². The molecule has 2 aromatic rings. The van der Waals surface area contributed by atoms with Gasteiger partial charge < -0.3 is 9.64 Å². The second-order valence-corrected chi connectivity index (χ2v) is 11.2. The van der Waals surface area contributed by atoms with E-state index in [9.17, 15) is 9.59 Å². The number of rotatable bonds is 13. The number of hydrogen-bond acceptors (Lipinski definition) is 3. The third-order valence-corrected chi connectivity index (χ3v) is 8.08. The van der Waals surface area contributed by atoms with Gasteiger partial charge in [0.1, 0.15) is 18.1 Å². The SMILES string of the molecule is CCCCCCC(C)(C)c1ccc(C2CC(C(=O)CC)CCN2C(=O)CC)c(OCc2ccccc2)c1. The number of piperidine rings is 1. The van der Waals surface area contributed by atoms with Crippen LogP contribution in [0.5, 0.6) is 5.75 Å². The normalized spacial score (nSPS) is 18.0. The van der Waals surface area contributed by atoms with Crippen molar-refractivity contribution in [3.8, 4) is 5.75 Å². The number of ether oxygens (including phenoxy) is 1. The van der Waals surface area contributed by atoms with Crippen molar-refractivity contribution in [3.63, 3.8) is 0 Å². The van der Waals surface area contributed by atoms with Crippen LogP contribution in [-0.2, 0) is 21.6 Å². The van der Waals surface area contributed by atoms with Gasteiger partial charge >= 0.3 is 0 Å². The van der Waals surface area contributed by atoms with Gasteiger partial charge in [-0.05, 0) is 41.9 Å². The first-order valence-electron chi connectivity index (χ1n) is 14.4. The summed E-state index contributed by atoms with van der Waals surface area (Å²) in [4.78, 5) is 27.7. The zero-order valence-electron chi connectivity index (χ0n) is 23.7. The minimum Gasteiger partial charge on any atom is -0.489 e. The molecule has 37 heavy (non-hydrogen) atoms. The maximum atomic E-state index is 13.0. The topological polar surface area (TPSA) is 46.6 Å². The predicted molar refractivity (Wildman–Crippen MR) is 152 cm³/mol. The molecule has 0 aromatic heterocycles. The molecule has 2 aromatic carbocycles. The van der Waals surface area contributed by atoms with Crippen molar-refractivity contribution >= 4 is 11.7 Å². The molecular weight excluding hydrogens is 458 g/mol. The molecule has 3 rings (SSSR count). The Labute approximate surface area is 224 Å². The molecule has 1 aliphatic heterocycles. The van der Waals surface area contributed by atoms with E-state index in [0.717, 1.165) is 29.7 Å². The third kappa shape index (κ3) is 7.69. The maximum absolute atomic E-state index is 13.0. The number of carbonyl (C=O) groups is 2. The van der Waals surface area contributed by atoms with E-state index in [1.165, 1.54) is 31.2 Å². The number of Topliss-reactive ketones (excluding diaryl/α,β-unsaturated/α-hetero) is 1. The van der Waals surface area contributed by atoms with Gasteiger partial charge in [0.25, 0.3) is 0 Å². The van der Waals surface area contributed by atoms with E-state index in [-0.39, 0.29) is 23.3 Å². The highest BCUT2D eigenvalue weighted by Gasteiger charge is 2.36. The van der Waals surface area contributed by atoms with Gasteiger partial charge in [-0.25, -0.2) is 0 Å². The smallest absolute Gasteiger partial charge is 0.222 e. The summed E-state index contributed by atoms with van der Waals surface area (Å²) >= 11 is 0. The predicted octanol–water partition coefficient (Wildman–Crippen LogP) is 8.18. The lowest BCUT2D eigenvalue weighted by atomic mass is 9.78. The van der Waals surface area contributed by atoms with Crippen molar-refractivity contribution in [2.24, 2.45) is 5.92 Å². The van der Waals surface area contributed by atoms with Crippen LogP contribution in [-0.4, -0.2) is 23.1 Å². The molecule has 0 spiro atoms. The van der Waals surface area contributed by atoms with Gasteiger partial charge in [-0.1, -0.05) is 103 Å². The van der Waals surface area contributed by atoms with Gasteiger partial charge in [-0.2, -0.15) is 0 Å². The third-order valence-electron chi connectivity index (χ3n) is 8.08. The molecule has 4 nitrogen and oxygen atoms in total. The van der Waals surface area contributed by atoms with Crippen molar-refractivity contribution in [2.45, 2.75) is 110 Å². The summed E-state index contributed by atoms with van der Waals surface area (Å²) in [6.07, 6.45) is 8.54. The number of nitrogens with zero attached hydrogens (tertiary/aromatic N) is 1. The van der Waals surface area contributed by atoms with Crippen LogP contribution in [0.15, 0.2) is 48.5 Å². The van der Waals surface area contributed by atoms with Crippen LogP contribution in [0.4, 0.5) is 0 Å². The van der Waals surface area contributed by atoms with Crippen LogP contribution < -0.4 is 4.74 Å². The number of benzene rings is 2. The van der Waals surface area contributed by atoms with Gasteiger partial charge in [-0.15, -0.1) is 0 Å². The van der Waals surface area contributed by atoms with Crippen LogP contribution in [0.1, 0.15) is 115 Å². The quantitative estimate of drug-likeness (QED) is 0.258. The lowest BCUT2D eigenvalue weighted by Gasteiger charge is -2.40. The standard InChI is InChI=1S/C33H47NO3/c1-6-9-10-14-20-33(4,5)27-17-18-28(31(23-27)37-24-25-15-12-11-13-16-25)29-22-26(30(35)7-2)19-21-34(29)32(36)8-3/h11-13,15-18,23,26,29H,6-10,14,19-22,24H2,1-5H3. The Kier molecular flexibility index (Phi) is 10.8. The lowest BCUT2D eigenvalue weighted by Crippen LogP contribution is -2.42. The number of hydrogen-bond donors (Lipinski definition) is 0. The molecule has 1 fully saturated rings. The molecule has 0 bridgehead atoms. The molecule has 1 amide bonds. The Morgan fingerprint density at radius 3 is 2.41 bits per heavy atom. The van der Waals surface area contributed by atoms with E-state index in [2.05, 4.69) is 51.1 Å². The first-order chi connectivity index (χ1) is 17.8. The lowest BCUT2D eigenvalue weighted by molar-refractivity contribution is -0.138. The number of unbranched alkanes of at least 4 members (excludes halogenated alkanes) is 3. The Morgan fingerprint density at radius 1 is 0.973 bits per heavy atom. The van der Waals surface area contributed by atoms with Gasteiger partial charge in [0.2, 0.25) is 5.91 Å². The zero-order valence-corrected chi connectivity index (χ0v) is 23.7. The van der Waals surface area contributed by atoms with Gasteiger partial charge in [0.05, 0.1) is 6.04 Å². The maximum Gasteiger partial charge on any atom is 0.222 e. The van der Waals surface area contributed by atoms with Gasteiger partial charge in [-0.3, -0.25) is 9.59 Å². The average molecular weight is 506 g/mol. The van der Waals surface area contributed by atoms with E-state index in [1.807, 2.05) is 36.9 Å². The number of amides is 1. The largest absolute Gasteiger partial charge is 0.489 e. The molecule has 2 atom stereocenters. The molecule has 1 heterocycles. The summed E-state index contributed by atoms with van der Waals surface area (Å²) in [6.45, 7) is 11.8. The van der Waals surface area contributed by atoms with E-state index >= 15 is 0 Å². The Hall–Kier alpha value is -2.62. The molecule has 4 heteroatoms. The summed E-state index contributed by atoms with van der Waals surface area (Å²) < 4.78 is 6.52. The molecular formula is C33H47NO3.